The number of nitrogens with zero attached hydrogens (tertiary/aromatic N) is 1. The Labute approximate surface area is 119 Å². The van der Waals surface area contributed by atoms with Crippen LogP contribution in [-0.4, -0.2) is 34.1 Å². The molecular weight excluding hydrogens is 313 g/mol. The Morgan fingerprint density at radius 2 is 1.95 bits per heavy atom. The first-order chi connectivity index (χ1) is 9.06. The molecule has 102 valence electrons. The molecule has 2 heterocycles. The molecule has 3 nitrogen and oxygen atoms in total. The number of amides is 1. The number of rotatable bonds is 1. The molecule has 3 rings (SSSR count). The highest BCUT2D eigenvalue weighted by atomic mass is 79.9. The average molecular weight is 328 g/mol. The lowest BCUT2D eigenvalue weighted by Gasteiger charge is -2.37. The number of piperidine rings is 1. The number of carbonyl (C=O) groups excluding carboxylic acids is 1. The monoisotopic (exact) mass is 327 g/mol. The molecule has 2 saturated heterocycles. The van der Waals surface area contributed by atoms with Gasteiger partial charge < -0.3 is 10.0 Å². The van der Waals surface area contributed by atoms with Gasteiger partial charge in [0.1, 0.15) is 5.82 Å². The Bertz CT molecular complexity index is 508. The van der Waals surface area contributed by atoms with Gasteiger partial charge in [0.2, 0.25) is 0 Å². The number of hydrogen-bond donors (Lipinski definition) is 1. The molecule has 1 aromatic carbocycles. The molecular formula is C14H15BrFNO2. The number of benzene rings is 1. The maximum atomic E-state index is 13.3. The van der Waals surface area contributed by atoms with Crippen molar-refractivity contribution in [1.29, 1.82) is 0 Å². The van der Waals surface area contributed by atoms with Crippen LogP contribution in [0.2, 0.25) is 0 Å². The van der Waals surface area contributed by atoms with Crippen LogP contribution < -0.4 is 0 Å². The fourth-order valence-electron chi connectivity index (χ4n) is 3.28. The van der Waals surface area contributed by atoms with E-state index in [1.54, 1.807) is 6.07 Å². The number of aliphatic hydroxyl groups excluding tert-OH is 1. The lowest BCUT2D eigenvalue weighted by molar-refractivity contribution is 0.0286. The highest BCUT2D eigenvalue weighted by Gasteiger charge is 2.43. The number of carbonyl (C=O) groups is 1. The van der Waals surface area contributed by atoms with Gasteiger partial charge >= 0.3 is 0 Å². The van der Waals surface area contributed by atoms with Crippen molar-refractivity contribution >= 4 is 21.8 Å². The third kappa shape index (κ3) is 2.30. The zero-order valence-corrected chi connectivity index (χ0v) is 11.9. The van der Waals surface area contributed by atoms with E-state index in [1.807, 2.05) is 4.90 Å². The van der Waals surface area contributed by atoms with Crippen molar-refractivity contribution in [3.05, 3.63) is 34.1 Å². The molecule has 0 radical (unpaired) electrons. The minimum Gasteiger partial charge on any atom is -0.393 e. The van der Waals surface area contributed by atoms with Crippen LogP contribution in [0.25, 0.3) is 0 Å². The molecule has 1 aromatic rings. The molecule has 2 aliphatic heterocycles. The first-order valence-electron chi connectivity index (χ1n) is 6.52. The van der Waals surface area contributed by atoms with Gasteiger partial charge in [-0.25, -0.2) is 4.39 Å². The molecule has 0 aromatic heterocycles. The van der Waals surface area contributed by atoms with Crippen LogP contribution >= 0.6 is 15.9 Å². The summed E-state index contributed by atoms with van der Waals surface area (Å²) >= 11 is 3.31. The SMILES string of the molecule is O=C(c1cc(F)ccc1Br)N1C2CCC1CC(O)C2. The number of aliphatic hydroxyl groups is 1. The Kier molecular flexibility index (Phi) is 3.35. The van der Waals surface area contributed by atoms with Crippen molar-refractivity contribution in [2.75, 3.05) is 0 Å². The highest BCUT2D eigenvalue weighted by molar-refractivity contribution is 9.10. The van der Waals surface area contributed by atoms with E-state index in [0.29, 0.717) is 22.9 Å². The van der Waals surface area contributed by atoms with Gasteiger partial charge in [-0.3, -0.25) is 4.79 Å². The lowest BCUT2D eigenvalue weighted by atomic mass is 9.98. The largest absolute Gasteiger partial charge is 0.393 e. The Morgan fingerprint density at radius 1 is 1.32 bits per heavy atom. The molecule has 2 bridgehead atoms. The minimum atomic E-state index is -0.407. The van der Waals surface area contributed by atoms with Gasteiger partial charge in [0.15, 0.2) is 0 Å². The van der Waals surface area contributed by atoms with Crippen LogP contribution in [0.1, 0.15) is 36.0 Å². The standard InChI is InChI=1S/C14H15BrFNO2/c15-13-4-1-8(16)5-12(13)14(19)17-9-2-3-10(17)7-11(18)6-9/h1,4-5,9-11,18H,2-3,6-7H2. The van der Waals surface area contributed by atoms with Gasteiger partial charge in [-0.15, -0.1) is 0 Å². The molecule has 2 fully saturated rings. The first kappa shape index (κ1) is 13.1. The zero-order valence-electron chi connectivity index (χ0n) is 10.4. The second-order valence-electron chi connectivity index (χ2n) is 5.35. The predicted octanol–water partition coefficient (Wildman–Crippen LogP) is 2.72. The van der Waals surface area contributed by atoms with Gasteiger partial charge in [-0.05, 0) is 59.8 Å². The van der Waals surface area contributed by atoms with E-state index in [0.717, 1.165) is 12.8 Å². The molecule has 0 saturated carbocycles. The molecule has 1 N–H and O–H groups in total. The van der Waals surface area contributed by atoms with Gasteiger partial charge in [-0.1, -0.05) is 0 Å². The normalized spacial score (nSPS) is 29.6. The smallest absolute Gasteiger partial charge is 0.255 e. The highest BCUT2D eigenvalue weighted by Crippen LogP contribution is 2.37. The number of halogens is 2. The molecule has 1 amide bonds. The van der Waals surface area contributed by atoms with Crippen LogP contribution in [0.15, 0.2) is 22.7 Å². The van der Waals surface area contributed by atoms with Gasteiger partial charge in [0, 0.05) is 16.6 Å². The molecule has 2 unspecified atom stereocenters. The fraction of sp³-hybridized carbons (Fsp3) is 0.500. The van der Waals surface area contributed by atoms with Crippen molar-refractivity contribution in [3.8, 4) is 0 Å². The third-order valence-electron chi connectivity index (χ3n) is 4.10. The average Bonchev–Trinajstić information content (AvgIpc) is 2.64. The topological polar surface area (TPSA) is 40.5 Å². The second-order valence-corrected chi connectivity index (χ2v) is 6.20. The van der Waals surface area contributed by atoms with Crippen molar-refractivity contribution in [1.82, 2.24) is 4.90 Å². The van der Waals surface area contributed by atoms with E-state index in [2.05, 4.69) is 15.9 Å². The Hall–Kier alpha value is -0.940. The van der Waals surface area contributed by atoms with E-state index in [4.69, 9.17) is 0 Å². The van der Waals surface area contributed by atoms with Crippen LogP contribution in [0.3, 0.4) is 0 Å². The summed E-state index contributed by atoms with van der Waals surface area (Å²) in [5.41, 5.74) is 0.369. The molecule has 2 atom stereocenters. The maximum absolute atomic E-state index is 13.3. The zero-order chi connectivity index (χ0) is 13.6. The van der Waals surface area contributed by atoms with E-state index in [9.17, 15) is 14.3 Å². The van der Waals surface area contributed by atoms with Crippen molar-refractivity contribution in [3.63, 3.8) is 0 Å². The summed E-state index contributed by atoms with van der Waals surface area (Å²) in [6.45, 7) is 0. The van der Waals surface area contributed by atoms with Crippen molar-refractivity contribution < 1.29 is 14.3 Å². The van der Waals surface area contributed by atoms with Crippen LogP contribution in [0, 0.1) is 5.82 Å². The molecule has 19 heavy (non-hydrogen) atoms. The minimum absolute atomic E-state index is 0.0939. The predicted molar refractivity (Wildman–Crippen MR) is 72.3 cm³/mol. The van der Waals surface area contributed by atoms with E-state index >= 15 is 0 Å². The van der Waals surface area contributed by atoms with Crippen molar-refractivity contribution in [2.24, 2.45) is 0 Å². The van der Waals surface area contributed by atoms with E-state index < -0.39 is 5.82 Å². The maximum Gasteiger partial charge on any atom is 0.255 e. The molecule has 2 aliphatic rings. The third-order valence-corrected chi connectivity index (χ3v) is 4.79. The molecule has 0 aliphatic carbocycles. The number of fused-ring (bicyclic) bond motifs is 2. The van der Waals surface area contributed by atoms with E-state index in [-0.39, 0.29) is 24.1 Å². The van der Waals surface area contributed by atoms with Crippen LogP contribution in [0.4, 0.5) is 4.39 Å². The summed E-state index contributed by atoms with van der Waals surface area (Å²) in [4.78, 5) is 14.4. The lowest BCUT2D eigenvalue weighted by Crippen LogP contribution is -2.48. The summed E-state index contributed by atoms with van der Waals surface area (Å²) in [7, 11) is 0. The molecule has 5 heteroatoms. The summed E-state index contributed by atoms with van der Waals surface area (Å²) in [5, 5.41) is 9.75. The Balaban J connectivity index is 1.90. The summed E-state index contributed by atoms with van der Waals surface area (Å²) in [6, 6.07) is 4.35. The Morgan fingerprint density at radius 3 is 2.58 bits per heavy atom. The van der Waals surface area contributed by atoms with E-state index in [1.165, 1.54) is 12.1 Å². The van der Waals surface area contributed by atoms with Gasteiger partial charge in [0.05, 0.1) is 11.7 Å². The van der Waals surface area contributed by atoms with Gasteiger partial charge in [0.25, 0.3) is 5.91 Å². The fourth-order valence-corrected chi connectivity index (χ4v) is 3.70. The van der Waals surface area contributed by atoms with Crippen LogP contribution in [-0.2, 0) is 0 Å². The summed E-state index contributed by atoms with van der Waals surface area (Å²) < 4.78 is 13.9. The van der Waals surface area contributed by atoms with Crippen LogP contribution in [0.5, 0.6) is 0 Å². The van der Waals surface area contributed by atoms with Crippen molar-refractivity contribution in [2.45, 2.75) is 43.9 Å². The first-order valence-corrected chi connectivity index (χ1v) is 7.31. The summed E-state index contributed by atoms with van der Waals surface area (Å²) in [6.07, 6.45) is 2.82. The quantitative estimate of drug-likeness (QED) is 0.861. The second kappa shape index (κ2) is 4.87. The molecule has 0 spiro atoms. The van der Waals surface area contributed by atoms with Gasteiger partial charge in [-0.2, -0.15) is 0 Å². The number of hydrogen-bond acceptors (Lipinski definition) is 2. The summed E-state index contributed by atoms with van der Waals surface area (Å²) in [5.74, 6) is -0.540.